The first kappa shape index (κ1) is 12.4. The maximum atomic E-state index is 8.78. The van der Waals surface area contributed by atoms with Gasteiger partial charge >= 0.3 is 0 Å². The minimum Gasteiger partial charge on any atom is -0.457 e. The number of benzene rings is 2. The molecule has 4 heteroatoms. The number of hydrogen-bond donors (Lipinski definition) is 1. The van der Waals surface area contributed by atoms with Gasteiger partial charge in [0.25, 0.3) is 0 Å². The van der Waals surface area contributed by atoms with Gasteiger partial charge in [-0.05, 0) is 29.8 Å². The van der Waals surface area contributed by atoms with E-state index in [1.807, 2.05) is 30.3 Å². The predicted octanol–water partition coefficient (Wildman–Crippen LogP) is 3.46. The third-order valence-corrected chi connectivity index (χ3v) is 2.74. The van der Waals surface area contributed by atoms with Crippen LogP contribution in [0.25, 0.3) is 0 Å². The van der Waals surface area contributed by atoms with Gasteiger partial charge in [0.15, 0.2) is 0 Å². The Morgan fingerprint density at radius 3 is 2.61 bits per heavy atom. The lowest BCUT2D eigenvalue weighted by atomic mass is 10.2. The van der Waals surface area contributed by atoms with E-state index >= 15 is 0 Å². The van der Waals surface area contributed by atoms with Crippen LogP contribution < -0.4 is 10.5 Å². The largest absolute Gasteiger partial charge is 0.457 e. The van der Waals surface area contributed by atoms with Gasteiger partial charge in [-0.15, -0.1) is 0 Å². The average molecular weight is 259 g/mol. The summed E-state index contributed by atoms with van der Waals surface area (Å²) in [4.78, 5) is 0. The Labute approximate surface area is 110 Å². The van der Waals surface area contributed by atoms with Crippen molar-refractivity contribution in [2.24, 2.45) is 5.73 Å². The van der Waals surface area contributed by atoms with Crippen molar-refractivity contribution in [2.45, 2.75) is 6.54 Å². The third kappa shape index (κ3) is 2.80. The summed E-state index contributed by atoms with van der Waals surface area (Å²) in [6, 6.07) is 14.5. The highest BCUT2D eigenvalue weighted by molar-refractivity contribution is 6.31. The van der Waals surface area contributed by atoms with Crippen LogP contribution in [0.2, 0.25) is 5.02 Å². The van der Waals surface area contributed by atoms with E-state index in [9.17, 15) is 0 Å². The van der Waals surface area contributed by atoms with Crippen molar-refractivity contribution in [1.82, 2.24) is 0 Å². The summed E-state index contributed by atoms with van der Waals surface area (Å²) < 4.78 is 5.65. The highest BCUT2D eigenvalue weighted by atomic mass is 35.5. The zero-order chi connectivity index (χ0) is 13.0. The highest BCUT2D eigenvalue weighted by Crippen LogP contribution is 2.26. The lowest BCUT2D eigenvalue weighted by molar-refractivity contribution is 0.482. The van der Waals surface area contributed by atoms with Crippen molar-refractivity contribution in [1.29, 1.82) is 5.26 Å². The Hall–Kier alpha value is -2.02. The molecule has 0 unspecified atom stereocenters. The summed E-state index contributed by atoms with van der Waals surface area (Å²) in [5, 5.41) is 9.16. The second-order valence-electron chi connectivity index (χ2n) is 3.71. The molecule has 0 aliphatic heterocycles. The molecule has 0 saturated carbocycles. The molecule has 0 aliphatic rings. The summed E-state index contributed by atoms with van der Waals surface area (Å²) >= 11 is 5.93. The monoisotopic (exact) mass is 258 g/mol. The molecule has 0 bridgehead atoms. The van der Waals surface area contributed by atoms with Gasteiger partial charge < -0.3 is 10.5 Å². The maximum Gasteiger partial charge on any atom is 0.129 e. The van der Waals surface area contributed by atoms with Gasteiger partial charge in [0, 0.05) is 12.6 Å². The fourth-order valence-corrected chi connectivity index (χ4v) is 1.73. The van der Waals surface area contributed by atoms with Crippen LogP contribution in [-0.2, 0) is 6.54 Å². The number of ether oxygens (including phenoxy) is 1. The van der Waals surface area contributed by atoms with E-state index in [0.29, 0.717) is 28.6 Å². The van der Waals surface area contributed by atoms with E-state index in [4.69, 9.17) is 27.3 Å². The van der Waals surface area contributed by atoms with E-state index in [2.05, 4.69) is 0 Å². The zero-order valence-corrected chi connectivity index (χ0v) is 10.3. The van der Waals surface area contributed by atoms with Crippen LogP contribution in [0.3, 0.4) is 0 Å². The number of nitriles is 1. The van der Waals surface area contributed by atoms with Gasteiger partial charge in [-0.25, -0.2) is 0 Å². The first-order valence-electron chi connectivity index (χ1n) is 5.39. The molecule has 0 spiro atoms. The molecule has 0 heterocycles. The van der Waals surface area contributed by atoms with Crippen LogP contribution in [0.1, 0.15) is 11.1 Å². The van der Waals surface area contributed by atoms with Gasteiger partial charge in [-0.1, -0.05) is 23.7 Å². The molecule has 2 aromatic carbocycles. The fraction of sp³-hybridized carbons (Fsp3) is 0.0714. The molecule has 0 saturated heterocycles. The topological polar surface area (TPSA) is 59.0 Å². The summed E-state index contributed by atoms with van der Waals surface area (Å²) in [5.41, 5.74) is 6.98. The van der Waals surface area contributed by atoms with E-state index in [1.165, 1.54) is 0 Å². The second-order valence-corrected chi connectivity index (χ2v) is 4.11. The van der Waals surface area contributed by atoms with Crippen molar-refractivity contribution in [2.75, 3.05) is 0 Å². The minimum absolute atomic E-state index is 0.380. The molecule has 0 aliphatic carbocycles. The van der Waals surface area contributed by atoms with Crippen molar-refractivity contribution < 1.29 is 4.74 Å². The van der Waals surface area contributed by atoms with E-state index in [1.54, 1.807) is 18.2 Å². The van der Waals surface area contributed by atoms with E-state index < -0.39 is 0 Å². The Morgan fingerprint density at radius 2 is 1.94 bits per heavy atom. The summed E-state index contributed by atoms with van der Waals surface area (Å²) in [5.74, 6) is 1.28. The number of nitrogens with two attached hydrogens (primary N) is 1. The number of nitrogens with zero attached hydrogens (tertiary/aromatic N) is 1. The predicted molar refractivity (Wildman–Crippen MR) is 70.6 cm³/mol. The molecule has 18 heavy (non-hydrogen) atoms. The van der Waals surface area contributed by atoms with Crippen LogP contribution in [0.4, 0.5) is 0 Å². The molecule has 0 amide bonds. The third-order valence-electron chi connectivity index (χ3n) is 2.43. The lowest BCUT2D eigenvalue weighted by Gasteiger charge is -2.07. The minimum atomic E-state index is 0.380. The van der Waals surface area contributed by atoms with Crippen molar-refractivity contribution in [3.8, 4) is 17.6 Å². The van der Waals surface area contributed by atoms with Crippen LogP contribution >= 0.6 is 11.6 Å². The van der Waals surface area contributed by atoms with Crippen molar-refractivity contribution >= 4 is 11.6 Å². The Kier molecular flexibility index (Phi) is 3.83. The summed E-state index contributed by atoms with van der Waals surface area (Å²) in [6.07, 6.45) is 0. The lowest BCUT2D eigenvalue weighted by Crippen LogP contribution is -1.96. The SMILES string of the molecule is N#Cc1ccc(Oc2cccc(CN)c2)cc1Cl. The molecule has 2 N–H and O–H groups in total. The maximum absolute atomic E-state index is 8.78. The average Bonchev–Trinajstić information content (AvgIpc) is 2.39. The number of rotatable bonds is 3. The molecule has 0 fully saturated rings. The Bertz CT molecular complexity index is 605. The molecular formula is C14H11ClN2O. The first-order chi connectivity index (χ1) is 8.72. The summed E-state index contributed by atoms with van der Waals surface area (Å²) in [6.45, 7) is 0.464. The first-order valence-corrected chi connectivity index (χ1v) is 5.77. The second kappa shape index (κ2) is 5.54. The molecule has 2 rings (SSSR count). The van der Waals surface area contributed by atoms with Crippen LogP contribution in [-0.4, -0.2) is 0 Å². The summed E-state index contributed by atoms with van der Waals surface area (Å²) in [7, 11) is 0. The van der Waals surface area contributed by atoms with Crippen LogP contribution in [0, 0.1) is 11.3 Å². The van der Waals surface area contributed by atoms with Gasteiger partial charge in [-0.2, -0.15) is 5.26 Å². The highest BCUT2D eigenvalue weighted by Gasteiger charge is 2.03. The normalized spacial score (nSPS) is 9.83. The molecule has 0 atom stereocenters. The number of halogens is 1. The van der Waals surface area contributed by atoms with Gasteiger partial charge in [0.05, 0.1) is 10.6 Å². The van der Waals surface area contributed by atoms with Crippen molar-refractivity contribution in [3.05, 3.63) is 58.6 Å². The molecular weight excluding hydrogens is 248 g/mol. The Balaban J connectivity index is 2.23. The fourth-order valence-electron chi connectivity index (χ4n) is 1.52. The molecule has 90 valence electrons. The molecule has 2 aromatic rings. The standard InChI is InChI=1S/C14H11ClN2O/c15-14-7-13(5-4-11(14)9-17)18-12-3-1-2-10(6-12)8-16/h1-7H,8,16H2. The van der Waals surface area contributed by atoms with E-state index in [-0.39, 0.29) is 0 Å². The van der Waals surface area contributed by atoms with Crippen molar-refractivity contribution in [3.63, 3.8) is 0 Å². The molecule has 0 radical (unpaired) electrons. The molecule has 0 aromatic heterocycles. The molecule has 3 nitrogen and oxygen atoms in total. The zero-order valence-electron chi connectivity index (χ0n) is 9.56. The van der Waals surface area contributed by atoms with Gasteiger partial charge in [0.1, 0.15) is 17.6 Å². The van der Waals surface area contributed by atoms with Crippen LogP contribution in [0.15, 0.2) is 42.5 Å². The van der Waals surface area contributed by atoms with Gasteiger partial charge in [-0.3, -0.25) is 0 Å². The smallest absolute Gasteiger partial charge is 0.129 e. The quantitative estimate of drug-likeness (QED) is 0.917. The van der Waals surface area contributed by atoms with Crippen LogP contribution in [0.5, 0.6) is 11.5 Å². The number of hydrogen-bond acceptors (Lipinski definition) is 3. The van der Waals surface area contributed by atoms with Gasteiger partial charge in [0.2, 0.25) is 0 Å². The van der Waals surface area contributed by atoms with E-state index in [0.717, 1.165) is 5.56 Å². The Morgan fingerprint density at radius 1 is 1.17 bits per heavy atom.